The number of rotatable bonds is 2. The summed E-state index contributed by atoms with van der Waals surface area (Å²) < 4.78 is 25.0. The average molecular weight is 198 g/mol. The Morgan fingerprint density at radius 3 is 2.79 bits per heavy atom. The molecule has 1 N–H and O–H groups in total. The number of nitrogens with one attached hydrogen (secondary N) is 1. The maximum atomic E-state index is 12.5. The molecular weight excluding hydrogens is 190 g/mol. The minimum absolute atomic E-state index is 0.101. The molecule has 5 heteroatoms. The SMILES string of the molecule is Cc1[nH]c(=O)cc(CC#N)c1C(F)F. The summed E-state index contributed by atoms with van der Waals surface area (Å²) in [5.74, 6) is 0. The smallest absolute Gasteiger partial charge is 0.265 e. The van der Waals surface area contributed by atoms with Crippen LogP contribution in [0.4, 0.5) is 8.78 Å². The van der Waals surface area contributed by atoms with E-state index in [1.54, 1.807) is 6.07 Å². The highest BCUT2D eigenvalue weighted by Crippen LogP contribution is 2.24. The van der Waals surface area contributed by atoms with Crippen LogP contribution >= 0.6 is 0 Å². The number of pyridine rings is 1. The lowest BCUT2D eigenvalue weighted by molar-refractivity contribution is 0.149. The third kappa shape index (κ3) is 1.96. The monoisotopic (exact) mass is 198 g/mol. The molecule has 0 aromatic carbocycles. The number of aryl methyl sites for hydroxylation is 1. The van der Waals surface area contributed by atoms with Crippen molar-refractivity contribution in [2.24, 2.45) is 0 Å². The number of nitrogens with zero attached hydrogens (tertiary/aromatic N) is 1. The molecule has 0 unspecified atom stereocenters. The first-order valence-corrected chi connectivity index (χ1v) is 3.94. The van der Waals surface area contributed by atoms with E-state index in [4.69, 9.17) is 5.26 Å². The van der Waals surface area contributed by atoms with E-state index in [0.717, 1.165) is 6.07 Å². The van der Waals surface area contributed by atoms with Crippen molar-refractivity contribution in [3.05, 3.63) is 33.2 Å². The van der Waals surface area contributed by atoms with Gasteiger partial charge in [0.25, 0.3) is 6.43 Å². The van der Waals surface area contributed by atoms with Crippen LogP contribution in [0.1, 0.15) is 23.2 Å². The number of hydrogen-bond acceptors (Lipinski definition) is 2. The van der Waals surface area contributed by atoms with Crippen LogP contribution in [0.25, 0.3) is 0 Å². The molecule has 3 nitrogen and oxygen atoms in total. The van der Waals surface area contributed by atoms with Gasteiger partial charge >= 0.3 is 0 Å². The van der Waals surface area contributed by atoms with Gasteiger partial charge in [0, 0.05) is 17.3 Å². The highest BCUT2D eigenvalue weighted by molar-refractivity contribution is 5.32. The molecule has 0 radical (unpaired) electrons. The zero-order valence-electron chi connectivity index (χ0n) is 7.47. The predicted molar refractivity (Wildman–Crippen MR) is 46.1 cm³/mol. The van der Waals surface area contributed by atoms with Crippen molar-refractivity contribution in [2.45, 2.75) is 19.8 Å². The summed E-state index contributed by atoms with van der Waals surface area (Å²) in [6, 6.07) is 2.79. The minimum Gasteiger partial charge on any atom is -0.326 e. The molecule has 1 aromatic rings. The van der Waals surface area contributed by atoms with E-state index in [1.165, 1.54) is 6.92 Å². The largest absolute Gasteiger partial charge is 0.326 e. The predicted octanol–water partition coefficient (Wildman–Crippen LogP) is 1.69. The van der Waals surface area contributed by atoms with Crippen molar-refractivity contribution in [3.63, 3.8) is 0 Å². The molecule has 0 saturated heterocycles. The van der Waals surface area contributed by atoms with Gasteiger partial charge in [-0.1, -0.05) is 0 Å². The Morgan fingerprint density at radius 2 is 2.29 bits per heavy atom. The molecule has 1 rings (SSSR count). The lowest BCUT2D eigenvalue weighted by Crippen LogP contribution is -2.12. The number of H-pyrrole nitrogens is 1. The van der Waals surface area contributed by atoms with Crippen molar-refractivity contribution >= 4 is 0 Å². The van der Waals surface area contributed by atoms with Crippen LogP contribution in [0.2, 0.25) is 0 Å². The van der Waals surface area contributed by atoms with Gasteiger partial charge in [-0.3, -0.25) is 4.79 Å². The number of aromatic amines is 1. The number of hydrogen-bond donors (Lipinski definition) is 1. The molecule has 1 aromatic heterocycles. The Balaban J connectivity index is 3.38. The van der Waals surface area contributed by atoms with Gasteiger partial charge in [0.1, 0.15) is 0 Å². The van der Waals surface area contributed by atoms with Gasteiger partial charge in [-0.15, -0.1) is 0 Å². The molecular formula is C9H8F2N2O. The van der Waals surface area contributed by atoms with E-state index in [-0.39, 0.29) is 23.2 Å². The number of aromatic nitrogens is 1. The Morgan fingerprint density at radius 1 is 1.64 bits per heavy atom. The van der Waals surface area contributed by atoms with Gasteiger partial charge in [0.2, 0.25) is 5.56 Å². The molecule has 74 valence electrons. The van der Waals surface area contributed by atoms with Crippen molar-refractivity contribution in [1.29, 1.82) is 5.26 Å². The minimum atomic E-state index is -2.67. The number of nitriles is 1. The summed E-state index contributed by atoms with van der Waals surface area (Å²) in [5.41, 5.74) is -0.482. The van der Waals surface area contributed by atoms with Crippen LogP contribution < -0.4 is 5.56 Å². The summed E-state index contributed by atoms with van der Waals surface area (Å²) in [6.45, 7) is 1.39. The number of halogens is 2. The lowest BCUT2D eigenvalue weighted by atomic mass is 10.1. The van der Waals surface area contributed by atoms with Gasteiger partial charge in [-0.2, -0.15) is 5.26 Å². The van der Waals surface area contributed by atoms with Crippen molar-refractivity contribution in [1.82, 2.24) is 4.98 Å². The zero-order chi connectivity index (χ0) is 10.7. The Kier molecular flexibility index (Phi) is 2.97. The van der Waals surface area contributed by atoms with Crippen LogP contribution in [0.3, 0.4) is 0 Å². The molecule has 0 atom stereocenters. The zero-order valence-corrected chi connectivity index (χ0v) is 7.47. The van der Waals surface area contributed by atoms with Crippen molar-refractivity contribution < 1.29 is 8.78 Å². The van der Waals surface area contributed by atoms with Crippen LogP contribution in [0.15, 0.2) is 10.9 Å². The quantitative estimate of drug-likeness (QED) is 0.786. The third-order valence-electron chi connectivity index (χ3n) is 1.85. The summed E-state index contributed by atoms with van der Waals surface area (Å²) in [7, 11) is 0. The Labute approximate surface area is 79.0 Å². The summed E-state index contributed by atoms with van der Waals surface area (Å²) in [5, 5.41) is 8.40. The number of alkyl halides is 2. The second kappa shape index (κ2) is 4.01. The molecule has 0 saturated carbocycles. The molecule has 0 aliphatic heterocycles. The van der Waals surface area contributed by atoms with Gasteiger partial charge < -0.3 is 4.98 Å². The first-order chi connectivity index (χ1) is 6.56. The molecule has 0 fully saturated rings. The van der Waals surface area contributed by atoms with Gasteiger partial charge in [-0.25, -0.2) is 8.78 Å². The van der Waals surface area contributed by atoms with E-state index < -0.39 is 12.0 Å². The van der Waals surface area contributed by atoms with Crippen LogP contribution in [0.5, 0.6) is 0 Å². The highest BCUT2D eigenvalue weighted by atomic mass is 19.3. The second-order valence-electron chi connectivity index (χ2n) is 2.83. The van der Waals surface area contributed by atoms with E-state index in [2.05, 4.69) is 4.98 Å². The van der Waals surface area contributed by atoms with Crippen LogP contribution in [0, 0.1) is 18.3 Å². The first kappa shape index (κ1) is 10.4. The fraction of sp³-hybridized carbons (Fsp3) is 0.333. The maximum absolute atomic E-state index is 12.5. The summed E-state index contributed by atoms with van der Waals surface area (Å²) in [4.78, 5) is 13.2. The van der Waals surface area contributed by atoms with Crippen LogP contribution in [-0.4, -0.2) is 4.98 Å². The normalized spacial score (nSPS) is 10.2. The fourth-order valence-electron chi connectivity index (χ4n) is 1.30. The standard InChI is InChI=1S/C9H8F2N2O/c1-5-8(9(10)11)6(2-3-12)4-7(14)13-5/h4,9H,2H2,1H3,(H,13,14). The topological polar surface area (TPSA) is 56.6 Å². The van der Waals surface area contributed by atoms with Crippen molar-refractivity contribution in [3.8, 4) is 6.07 Å². The first-order valence-electron chi connectivity index (χ1n) is 3.94. The molecule has 0 bridgehead atoms. The third-order valence-corrected chi connectivity index (χ3v) is 1.85. The van der Waals surface area contributed by atoms with Gasteiger partial charge in [0.05, 0.1) is 12.5 Å². The van der Waals surface area contributed by atoms with Crippen molar-refractivity contribution in [2.75, 3.05) is 0 Å². The highest BCUT2D eigenvalue weighted by Gasteiger charge is 2.16. The Hall–Kier alpha value is -1.70. The second-order valence-corrected chi connectivity index (χ2v) is 2.83. The van der Waals surface area contributed by atoms with Crippen LogP contribution in [-0.2, 0) is 6.42 Å². The average Bonchev–Trinajstić information content (AvgIpc) is 2.01. The molecule has 0 aliphatic rings. The molecule has 1 heterocycles. The Bertz CT molecular complexity index is 431. The molecule has 0 amide bonds. The summed E-state index contributed by atoms with van der Waals surface area (Å²) >= 11 is 0. The van der Waals surface area contributed by atoms with E-state index in [1.807, 2.05) is 0 Å². The summed E-state index contributed by atoms with van der Waals surface area (Å²) in [6.07, 6.45) is -2.85. The van der Waals surface area contributed by atoms with Gasteiger partial charge in [0.15, 0.2) is 0 Å². The fourth-order valence-corrected chi connectivity index (χ4v) is 1.30. The molecule has 14 heavy (non-hydrogen) atoms. The maximum Gasteiger partial charge on any atom is 0.265 e. The lowest BCUT2D eigenvalue weighted by Gasteiger charge is -2.08. The van der Waals surface area contributed by atoms with Gasteiger partial charge in [-0.05, 0) is 12.5 Å². The molecule has 0 spiro atoms. The van der Waals surface area contributed by atoms with E-state index in [0.29, 0.717) is 0 Å². The molecule has 0 aliphatic carbocycles. The van der Waals surface area contributed by atoms with E-state index in [9.17, 15) is 13.6 Å². The van der Waals surface area contributed by atoms with E-state index >= 15 is 0 Å².